The molecule has 0 radical (unpaired) electrons. The molecule has 0 saturated heterocycles. The lowest BCUT2D eigenvalue weighted by Gasteiger charge is -2.01. The molecule has 3 nitrogen and oxygen atoms in total. The van der Waals surface area contributed by atoms with Gasteiger partial charge in [-0.15, -0.1) is 11.3 Å². The molecule has 0 aromatic carbocycles. The fourth-order valence-electron chi connectivity index (χ4n) is 2.35. The van der Waals surface area contributed by atoms with Crippen LogP contribution in [0, 0.1) is 0 Å². The zero-order valence-corrected chi connectivity index (χ0v) is 12.7. The molecule has 0 aliphatic heterocycles. The SMILES string of the molecule is CCCNCc1sc(Cc2ccncc2)nc1C1CC1. The number of thiazole rings is 1. The summed E-state index contributed by atoms with van der Waals surface area (Å²) in [4.78, 5) is 10.4. The quantitative estimate of drug-likeness (QED) is 0.792. The first-order chi connectivity index (χ1) is 9.86. The van der Waals surface area contributed by atoms with Gasteiger partial charge in [0.25, 0.3) is 0 Å². The van der Waals surface area contributed by atoms with Crippen molar-refractivity contribution in [1.82, 2.24) is 15.3 Å². The van der Waals surface area contributed by atoms with E-state index in [0.29, 0.717) is 0 Å². The van der Waals surface area contributed by atoms with Crippen molar-refractivity contribution < 1.29 is 0 Å². The summed E-state index contributed by atoms with van der Waals surface area (Å²) >= 11 is 1.88. The molecule has 0 bridgehead atoms. The third kappa shape index (κ3) is 3.44. The van der Waals surface area contributed by atoms with Crippen molar-refractivity contribution in [3.8, 4) is 0 Å². The summed E-state index contributed by atoms with van der Waals surface area (Å²) in [5.74, 6) is 0.732. The van der Waals surface area contributed by atoms with Crippen LogP contribution in [-0.2, 0) is 13.0 Å². The van der Waals surface area contributed by atoms with Gasteiger partial charge in [-0.25, -0.2) is 4.98 Å². The van der Waals surface area contributed by atoms with E-state index in [9.17, 15) is 0 Å². The Kier molecular flexibility index (Phi) is 4.43. The van der Waals surface area contributed by atoms with Gasteiger partial charge < -0.3 is 5.32 Å². The molecule has 4 heteroatoms. The summed E-state index contributed by atoms with van der Waals surface area (Å²) in [6, 6.07) is 4.15. The first kappa shape index (κ1) is 13.7. The Hall–Kier alpha value is -1.26. The van der Waals surface area contributed by atoms with Gasteiger partial charge in [-0.2, -0.15) is 0 Å². The Morgan fingerprint density at radius 1 is 1.30 bits per heavy atom. The number of hydrogen-bond acceptors (Lipinski definition) is 4. The highest BCUT2D eigenvalue weighted by atomic mass is 32.1. The molecule has 2 aromatic rings. The Balaban J connectivity index is 1.73. The molecule has 20 heavy (non-hydrogen) atoms. The highest BCUT2D eigenvalue weighted by Gasteiger charge is 2.29. The van der Waals surface area contributed by atoms with E-state index in [-0.39, 0.29) is 0 Å². The molecule has 2 heterocycles. The van der Waals surface area contributed by atoms with Crippen LogP contribution in [0.15, 0.2) is 24.5 Å². The summed E-state index contributed by atoms with van der Waals surface area (Å²) in [6.07, 6.45) is 8.46. The van der Waals surface area contributed by atoms with E-state index in [4.69, 9.17) is 4.98 Å². The van der Waals surface area contributed by atoms with Crippen LogP contribution in [-0.4, -0.2) is 16.5 Å². The Morgan fingerprint density at radius 3 is 2.80 bits per heavy atom. The normalized spacial score (nSPS) is 14.7. The van der Waals surface area contributed by atoms with Gasteiger partial charge in [0.05, 0.1) is 10.7 Å². The predicted molar refractivity (Wildman–Crippen MR) is 83.1 cm³/mol. The molecule has 2 aromatic heterocycles. The minimum absolute atomic E-state index is 0.732. The largest absolute Gasteiger partial charge is 0.312 e. The second-order valence-electron chi connectivity index (χ2n) is 5.40. The number of hydrogen-bond donors (Lipinski definition) is 1. The van der Waals surface area contributed by atoms with Crippen molar-refractivity contribution in [3.63, 3.8) is 0 Å². The van der Waals surface area contributed by atoms with Crippen LogP contribution < -0.4 is 5.32 Å². The highest BCUT2D eigenvalue weighted by molar-refractivity contribution is 7.11. The van der Waals surface area contributed by atoms with E-state index in [1.807, 2.05) is 23.7 Å². The number of nitrogens with zero attached hydrogens (tertiary/aromatic N) is 2. The zero-order chi connectivity index (χ0) is 13.8. The van der Waals surface area contributed by atoms with Gasteiger partial charge in [-0.05, 0) is 43.5 Å². The molecule has 1 N–H and O–H groups in total. The number of nitrogens with one attached hydrogen (secondary N) is 1. The van der Waals surface area contributed by atoms with Crippen molar-refractivity contribution in [3.05, 3.63) is 45.7 Å². The summed E-state index contributed by atoms with van der Waals surface area (Å²) in [6.45, 7) is 4.27. The molecule has 1 aliphatic carbocycles. The molecule has 0 unspecified atom stereocenters. The number of pyridine rings is 1. The van der Waals surface area contributed by atoms with E-state index in [0.717, 1.165) is 25.4 Å². The standard InChI is InChI=1S/C16H21N3S/c1-2-7-18-11-14-16(13-3-4-13)19-15(20-14)10-12-5-8-17-9-6-12/h5-6,8-9,13,18H,2-4,7,10-11H2,1H3. The van der Waals surface area contributed by atoms with Crippen LogP contribution >= 0.6 is 11.3 Å². The second-order valence-corrected chi connectivity index (χ2v) is 6.57. The molecule has 3 rings (SSSR count). The average molecular weight is 287 g/mol. The van der Waals surface area contributed by atoms with Crippen molar-refractivity contribution in [2.75, 3.05) is 6.54 Å². The Labute approximate surface area is 124 Å². The van der Waals surface area contributed by atoms with Crippen LogP contribution in [0.3, 0.4) is 0 Å². The van der Waals surface area contributed by atoms with E-state index in [1.165, 1.54) is 40.4 Å². The lowest BCUT2D eigenvalue weighted by molar-refractivity contribution is 0.676. The minimum Gasteiger partial charge on any atom is -0.312 e. The van der Waals surface area contributed by atoms with Gasteiger partial charge in [0, 0.05) is 36.2 Å². The van der Waals surface area contributed by atoms with E-state index in [2.05, 4.69) is 29.4 Å². The molecule has 0 amide bonds. The van der Waals surface area contributed by atoms with Gasteiger partial charge in [-0.1, -0.05) is 6.92 Å². The average Bonchev–Trinajstić information content (AvgIpc) is 3.23. The molecular weight excluding hydrogens is 266 g/mol. The van der Waals surface area contributed by atoms with Gasteiger partial charge >= 0.3 is 0 Å². The lowest BCUT2D eigenvalue weighted by Crippen LogP contribution is -2.13. The Morgan fingerprint density at radius 2 is 2.10 bits per heavy atom. The van der Waals surface area contributed by atoms with E-state index >= 15 is 0 Å². The van der Waals surface area contributed by atoms with Crippen LogP contribution in [0.25, 0.3) is 0 Å². The third-order valence-electron chi connectivity index (χ3n) is 3.55. The van der Waals surface area contributed by atoms with Crippen molar-refractivity contribution in [1.29, 1.82) is 0 Å². The predicted octanol–water partition coefficient (Wildman–Crippen LogP) is 3.51. The molecule has 1 saturated carbocycles. The smallest absolute Gasteiger partial charge is 0.0975 e. The van der Waals surface area contributed by atoms with Crippen molar-refractivity contribution >= 4 is 11.3 Å². The summed E-state index contributed by atoms with van der Waals surface area (Å²) in [5, 5.41) is 4.75. The lowest BCUT2D eigenvalue weighted by atomic mass is 10.2. The van der Waals surface area contributed by atoms with Crippen LogP contribution in [0.5, 0.6) is 0 Å². The van der Waals surface area contributed by atoms with E-state index in [1.54, 1.807) is 0 Å². The zero-order valence-electron chi connectivity index (χ0n) is 11.9. The summed E-state index contributed by atoms with van der Waals surface area (Å²) in [5.41, 5.74) is 2.66. The van der Waals surface area contributed by atoms with Crippen LogP contribution in [0.4, 0.5) is 0 Å². The van der Waals surface area contributed by atoms with Crippen LogP contribution in [0.1, 0.15) is 53.2 Å². The van der Waals surface area contributed by atoms with Gasteiger partial charge in [-0.3, -0.25) is 4.98 Å². The number of aromatic nitrogens is 2. The number of rotatable bonds is 7. The first-order valence-electron chi connectivity index (χ1n) is 7.45. The maximum atomic E-state index is 4.90. The second kappa shape index (κ2) is 6.46. The van der Waals surface area contributed by atoms with Crippen molar-refractivity contribution in [2.24, 2.45) is 0 Å². The first-order valence-corrected chi connectivity index (χ1v) is 8.26. The van der Waals surface area contributed by atoms with Crippen LogP contribution in [0.2, 0.25) is 0 Å². The van der Waals surface area contributed by atoms with Gasteiger partial charge in [0.15, 0.2) is 0 Å². The summed E-state index contributed by atoms with van der Waals surface area (Å²) in [7, 11) is 0. The van der Waals surface area contributed by atoms with Gasteiger partial charge in [0.2, 0.25) is 0 Å². The Bertz CT molecular complexity index is 546. The fourth-order valence-corrected chi connectivity index (χ4v) is 3.50. The fraction of sp³-hybridized carbons (Fsp3) is 0.500. The molecule has 1 aliphatic rings. The van der Waals surface area contributed by atoms with Gasteiger partial charge in [0.1, 0.15) is 0 Å². The molecule has 1 fully saturated rings. The molecule has 0 spiro atoms. The summed E-state index contributed by atoms with van der Waals surface area (Å²) < 4.78 is 0. The topological polar surface area (TPSA) is 37.8 Å². The molecule has 0 atom stereocenters. The van der Waals surface area contributed by atoms with E-state index < -0.39 is 0 Å². The minimum atomic E-state index is 0.732. The monoisotopic (exact) mass is 287 g/mol. The maximum absolute atomic E-state index is 4.90. The maximum Gasteiger partial charge on any atom is 0.0975 e. The molecule has 106 valence electrons. The third-order valence-corrected chi connectivity index (χ3v) is 4.62. The van der Waals surface area contributed by atoms with Crippen molar-refractivity contribution in [2.45, 2.75) is 45.1 Å². The highest BCUT2D eigenvalue weighted by Crippen LogP contribution is 2.42. The molecular formula is C16H21N3S.